The summed E-state index contributed by atoms with van der Waals surface area (Å²) >= 11 is 0. The fourth-order valence-electron chi connectivity index (χ4n) is 2.22. The monoisotopic (exact) mass is 290 g/mol. The zero-order valence-corrected chi connectivity index (χ0v) is 10.6. The highest BCUT2D eigenvalue weighted by Gasteiger charge is 2.22. The van der Waals surface area contributed by atoms with Gasteiger partial charge in [0.1, 0.15) is 5.69 Å². The van der Waals surface area contributed by atoms with Gasteiger partial charge >= 0.3 is 0 Å². The van der Waals surface area contributed by atoms with Crippen LogP contribution < -0.4 is 10.6 Å². The summed E-state index contributed by atoms with van der Waals surface area (Å²) in [4.78, 5) is 11.7. The van der Waals surface area contributed by atoms with Gasteiger partial charge in [0.2, 0.25) is 5.91 Å². The number of nitrogens with one attached hydrogen (secondary N) is 2. The van der Waals surface area contributed by atoms with E-state index in [-0.39, 0.29) is 18.4 Å². The van der Waals surface area contributed by atoms with E-state index < -0.39 is 34.9 Å². The van der Waals surface area contributed by atoms with Crippen molar-refractivity contribution >= 4 is 11.6 Å². The summed E-state index contributed by atoms with van der Waals surface area (Å²) in [5.74, 6) is -6.83. The molecule has 7 heteroatoms. The van der Waals surface area contributed by atoms with Gasteiger partial charge in [0, 0.05) is 12.5 Å². The molecule has 0 atom stereocenters. The molecule has 110 valence electrons. The third-order valence-electron chi connectivity index (χ3n) is 3.31. The highest BCUT2D eigenvalue weighted by atomic mass is 19.2. The molecule has 0 radical (unpaired) electrons. The second kappa shape index (κ2) is 6.21. The Kier molecular flexibility index (Phi) is 4.59. The molecule has 1 aromatic carbocycles. The molecule has 1 heterocycles. The first-order chi connectivity index (χ1) is 9.49. The molecule has 1 amide bonds. The van der Waals surface area contributed by atoms with Gasteiger partial charge in [-0.25, -0.2) is 17.6 Å². The number of amides is 1. The Hall–Kier alpha value is -1.63. The van der Waals surface area contributed by atoms with Crippen LogP contribution >= 0.6 is 0 Å². The summed E-state index contributed by atoms with van der Waals surface area (Å²) in [6.07, 6.45) is 1.62. The predicted molar refractivity (Wildman–Crippen MR) is 65.1 cm³/mol. The van der Waals surface area contributed by atoms with Gasteiger partial charge < -0.3 is 10.6 Å². The van der Waals surface area contributed by atoms with Crippen molar-refractivity contribution in [2.75, 3.05) is 18.4 Å². The number of halogens is 4. The van der Waals surface area contributed by atoms with Crippen molar-refractivity contribution in [1.82, 2.24) is 5.32 Å². The van der Waals surface area contributed by atoms with Crippen molar-refractivity contribution in [2.45, 2.75) is 19.3 Å². The van der Waals surface area contributed by atoms with Crippen molar-refractivity contribution in [3.63, 3.8) is 0 Å². The van der Waals surface area contributed by atoms with Crippen LogP contribution in [0, 0.1) is 29.2 Å². The maximum absolute atomic E-state index is 13.4. The molecule has 2 N–H and O–H groups in total. The van der Waals surface area contributed by atoms with Crippen molar-refractivity contribution < 1.29 is 22.4 Å². The molecule has 0 saturated carbocycles. The summed E-state index contributed by atoms with van der Waals surface area (Å²) < 4.78 is 52.7. The van der Waals surface area contributed by atoms with Crippen molar-refractivity contribution in [1.29, 1.82) is 0 Å². The molecule has 0 unspecified atom stereocenters. The Morgan fingerprint density at radius 1 is 1.15 bits per heavy atom. The Labute approximate surface area is 113 Å². The second-order valence-corrected chi connectivity index (χ2v) is 4.79. The molecule has 2 rings (SSSR count). The zero-order valence-electron chi connectivity index (χ0n) is 10.6. The largest absolute Gasteiger partial charge is 0.321 e. The van der Waals surface area contributed by atoms with Crippen LogP contribution in [0.5, 0.6) is 0 Å². The van der Waals surface area contributed by atoms with E-state index in [9.17, 15) is 22.4 Å². The number of carbonyl (C=O) groups excluding carboxylic acids is 1. The number of hydrogen-bond donors (Lipinski definition) is 2. The van der Waals surface area contributed by atoms with Gasteiger partial charge in [0.05, 0.1) is 0 Å². The number of carbonyl (C=O) groups is 1. The van der Waals surface area contributed by atoms with E-state index in [4.69, 9.17) is 0 Å². The molecule has 1 aliphatic heterocycles. The Morgan fingerprint density at radius 3 is 2.25 bits per heavy atom. The fourth-order valence-corrected chi connectivity index (χ4v) is 2.22. The lowest BCUT2D eigenvalue weighted by molar-refractivity contribution is -0.117. The van der Waals surface area contributed by atoms with Gasteiger partial charge in [-0.2, -0.15) is 0 Å². The minimum Gasteiger partial charge on any atom is -0.321 e. The molecule has 0 aliphatic carbocycles. The lowest BCUT2D eigenvalue weighted by Crippen LogP contribution is -2.30. The van der Waals surface area contributed by atoms with Crippen LogP contribution in [-0.2, 0) is 4.79 Å². The zero-order chi connectivity index (χ0) is 14.7. The van der Waals surface area contributed by atoms with E-state index in [0.717, 1.165) is 25.9 Å². The van der Waals surface area contributed by atoms with Crippen molar-refractivity contribution in [3.05, 3.63) is 29.3 Å². The topological polar surface area (TPSA) is 41.1 Å². The minimum absolute atomic E-state index is 0.0681. The number of anilines is 1. The van der Waals surface area contributed by atoms with E-state index in [1.165, 1.54) is 0 Å². The third-order valence-corrected chi connectivity index (χ3v) is 3.31. The quantitative estimate of drug-likeness (QED) is 0.663. The smallest absolute Gasteiger partial charge is 0.224 e. The van der Waals surface area contributed by atoms with Gasteiger partial charge in [0.15, 0.2) is 23.3 Å². The van der Waals surface area contributed by atoms with Crippen LogP contribution in [0.15, 0.2) is 6.07 Å². The standard InChI is InChI=1S/C13H14F4N2O/c14-8-6-9(15)12(17)13(11(8)16)19-10(20)5-7-1-3-18-4-2-7/h6-7,18H,1-5H2,(H,19,20). The molecule has 1 saturated heterocycles. The summed E-state index contributed by atoms with van der Waals surface area (Å²) in [6, 6.07) is 0.104. The van der Waals surface area contributed by atoms with Gasteiger partial charge in [-0.1, -0.05) is 0 Å². The van der Waals surface area contributed by atoms with Gasteiger partial charge in [0.25, 0.3) is 0 Å². The average molecular weight is 290 g/mol. The van der Waals surface area contributed by atoms with Crippen molar-refractivity contribution in [3.8, 4) is 0 Å². The molecule has 20 heavy (non-hydrogen) atoms. The highest BCUT2D eigenvalue weighted by Crippen LogP contribution is 2.25. The van der Waals surface area contributed by atoms with E-state index in [1.807, 2.05) is 5.32 Å². The molecule has 1 aromatic rings. The van der Waals surface area contributed by atoms with Gasteiger partial charge in [-0.15, -0.1) is 0 Å². The number of piperidine rings is 1. The van der Waals surface area contributed by atoms with Gasteiger partial charge in [-0.05, 0) is 31.8 Å². The Bertz CT molecular complexity index is 489. The third kappa shape index (κ3) is 3.27. The molecule has 0 aromatic heterocycles. The summed E-state index contributed by atoms with van der Waals surface area (Å²) in [5, 5.41) is 5.04. The lowest BCUT2D eigenvalue weighted by Gasteiger charge is -2.22. The van der Waals surface area contributed by atoms with Gasteiger partial charge in [-0.3, -0.25) is 4.79 Å². The van der Waals surface area contributed by atoms with Crippen LogP contribution in [-0.4, -0.2) is 19.0 Å². The number of rotatable bonds is 3. The van der Waals surface area contributed by atoms with E-state index >= 15 is 0 Å². The molecule has 1 fully saturated rings. The van der Waals surface area contributed by atoms with Crippen LogP contribution in [0.2, 0.25) is 0 Å². The summed E-state index contributed by atoms with van der Waals surface area (Å²) in [6.45, 7) is 1.55. The molecule has 0 bridgehead atoms. The second-order valence-electron chi connectivity index (χ2n) is 4.79. The SMILES string of the molecule is O=C(CC1CCNCC1)Nc1c(F)c(F)cc(F)c1F. The molecule has 3 nitrogen and oxygen atoms in total. The van der Waals surface area contributed by atoms with Crippen LogP contribution in [0.3, 0.4) is 0 Å². The van der Waals surface area contributed by atoms with E-state index in [2.05, 4.69) is 5.32 Å². The maximum atomic E-state index is 13.4. The maximum Gasteiger partial charge on any atom is 0.224 e. The molecule has 1 aliphatic rings. The number of benzene rings is 1. The van der Waals surface area contributed by atoms with Crippen molar-refractivity contribution in [2.24, 2.45) is 5.92 Å². The molecular formula is C13H14F4N2O. The molecular weight excluding hydrogens is 276 g/mol. The first-order valence-corrected chi connectivity index (χ1v) is 6.32. The predicted octanol–water partition coefficient (Wildman–Crippen LogP) is 2.57. The number of hydrogen-bond acceptors (Lipinski definition) is 2. The molecule has 0 spiro atoms. The van der Waals surface area contributed by atoms with E-state index in [0.29, 0.717) is 0 Å². The van der Waals surface area contributed by atoms with E-state index in [1.54, 1.807) is 0 Å². The fraction of sp³-hybridized carbons (Fsp3) is 0.462. The first kappa shape index (κ1) is 14.8. The van der Waals surface area contributed by atoms with Crippen LogP contribution in [0.25, 0.3) is 0 Å². The summed E-state index contributed by atoms with van der Waals surface area (Å²) in [7, 11) is 0. The minimum atomic E-state index is -1.59. The van der Waals surface area contributed by atoms with Crippen LogP contribution in [0.4, 0.5) is 23.2 Å². The Balaban J connectivity index is 2.07. The normalized spacial score (nSPS) is 16.2. The Morgan fingerprint density at radius 2 is 1.70 bits per heavy atom. The highest BCUT2D eigenvalue weighted by molar-refractivity contribution is 5.91. The van der Waals surface area contributed by atoms with Crippen LogP contribution in [0.1, 0.15) is 19.3 Å². The summed E-state index contributed by atoms with van der Waals surface area (Å²) in [5.41, 5.74) is -1.07. The first-order valence-electron chi connectivity index (χ1n) is 6.32. The average Bonchev–Trinajstić information content (AvgIpc) is 2.42. The lowest BCUT2D eigenvalue weighted by atomic mass is 9.94.